The van der Waals surface area contributed by atoms with Crippen LogP contribution in [0.1, 0.15) is 37.7 Å². The van der Waals surface area contributed by atoms with E-state index in [4.69, 9.17) is 0 Å². The molecule has 5 nitrogen and oxygen atoms in total. The van der Waals surface area contributed by atoms with E-state index in [9.17, 15) is 14.7 Å². The third-order valence-corrected chi connectivity index (χ3v) is 5.69. The average molecular weight is 344 g/mol. The third-order valence-electron chi connectivity index (χ3n) is 5.69. The van der Waals surface area contributed by atoms with Crippen LogP contribution in [0.25, 0.3) is 0 Å². The highest BCUT2D eigenvalue weighted by molar-refractivity contribution is 5.88. The van der Waals surface area contributed by atoms with E-state index in [0.717, 1.165) is 25.7 Å². The van der Waals surface area contributed by atoms with Crippen LogP contribution in [0.5, 0.6) is 0 Å². The molecule has 1 aliphatic carbocycles. The van der Waals surface area contributed by atoms with E-state index in [0.29, 0.717) is 25.9 Å². The van der Waals surface area contributed by atoms with Gasteiger partial charge in [0.1, 0.15) is 0 Å². The van der Waals surface area contributed by atoms with Crippen LogP contribution in [0.3, 0.4) is 0 Å². The van der Waals surface area contributed by atoms with Gasteiger partial charge < -0.3 is 14.9 Å². The van der Waals surface area contributed by atoms with Crippen LogP contribution < -0.4 is 0 Å². The van der Waals surface area contributed by atoms with E-state index in [2.05, 4.69) is 12.1 Å². The molecule has 1 heterocycles. The lowest BCUT2D eigenvalue weighted by Gasteiger charge is -2.43. The van der Waals surface area contributed by atoms with Crippen LogP contribution in [-0.4, -0.2) is 59.5 Å². The molecule has 2 aliphatic rings. The van der Waals surface area contributed by atoms with Crippen molar-refractivity contribution >= 4 is 11.8 Å². The zero-order chi connectivity index (χ0) is 17.9. The molecule has 1 aromatic carbocycles. The number of piperidine rings is 1. The van der Waals surface area contributed by atoms with Crippen molar-refractivity contribution < 1.29 is 14.7 Å². The smallest absolute Gasteiger partial charge is 0.242 e. The molecule has 1 N–H and O–H groups in total. The summed E-state index contributed by atoms with van der Waals surface area (Å²) in [6.45, 7) is 1.29. The molecule has 0 atom stereocenters. The third kappa shape index (κ3) is 4.03. The molecule has 1 aliphatic heterocycles. The minimum absolute atomic E-state index is 0.0167. The molecule has 0 unspecified atom stereocenters. The molecule has 136 valence electrons. The Morgan fingerprint density at radius 3 is 2.40 bits per heavy atom. The quantitative estimate of drug-likeness (QED) is 0.887. The summed E-state index contributed by atoms with van der Waals surface area (Å²) < 4.78 is 0. The zero-order valence-electron chi connectivity index (χ0n) is 15.0. The summed E-state index contributed by atoms with van der Waals surface area (Å²) in [6, 6.07) is 10.1. The topological polar surface area (TPSA) is 60.9 Å². The Labute approximate surface area is 149 Å². The molecule has 2 amide bonds. The van der Waals surface area contributed by atoms with Crippen molar-refractivity contribution in [2.45, 2.75) is 44.6 Å². The number of aliphatic hydroxyl groups excluding tert-OH is 1. The fourth-order valence-corrected chi connectivity index (χ4v) is 3.95. The van der Waals surface area contributed by atoms with Gasteiger partial charge in [-0.3, -0.25) is 9.59 Å². The van der Waals surface area contributed by atoms with Gasteiger partial charge >= 0.3 is 0 Å². The zero-order valence-corrected chi connectivity index (χ0v) is 15.0. The van der Waals surface area contributed by atoms with Crippen LogP contribution in [0.2, 0.25) is 0 Å². The fraction of sp³-hybridized carbons (Fsp3) is 0.600. The number of aliphatic hydroxyl groups is 1. The first kappa shape index (κ1) is 17.9. The summed E-state index contributed by atoms with van der Waals surface area (Å²) in [5.41, 5.74) is 0.842. The maximum absolute atomic E-state index is 13.0. The second-order valence-corrected chi connectivity index (χ2v) is 7.57. The van der Waals surface area contributed by atoms with Crippen molar-refractivity contribution in [2.75, 3.05) is 26.7 Å². The Morgan fingerprint density at radius 2 is 1.84 bits per heavy atom. The van der Waals surface area contributed by atoms with Gasteiger partial charge in [-0.25, -0.2) is 0 Å². The number of benzene rings is 1. The molecule has 0 aromatic heterocycles. The molecule has 2 fully saturated rings. The number of rotatable bonds is 5. The van der Waals surface area contributed by atoms with Gasteiger partial charge in [0.2, 0.25) is 11.8 Å². The van der Waals surface area contributed by atoms with E-state index in [-0.39, 0.29) is 29.9 Å². The summed E-state index contributed by atoms with van der Waals surface area (Å²) >= 11 is 0. The van der Waals surface area contributed by atoms with Crippen molar-refractivity contribution in [3.05, 3.63) is 35.9 Å². The normalized spacial score (nSPS) is 20.0. The summed E-state index contributed by atoms with van der Waals surface area (Å²) in [5.74, 6) is 0.0740. The number of likely N-dealkylation sites (tertiary alicyclic amines) is 1. The predicted octanol–water partition coefficient (Wildman–Crippen LogP) is 1.84. The van der Waals surface area contributed by atoms with Crippen molar-refractivity contribution in [2.24, 2.45) is 5.41 Å². The number of hydrogen-bond acceptors (Lipinski definition) is 3. The monoisotopic (exact) mass is 344 g/mol. The van der Waals surface area contributed by atoms with E-state index < -0.39 is 0 Å². The summed E-state index contributed by atoms with van der Waals surface area (Å²) in [5, 5.41) is 9.56. The molecule has 1 aromatic rings. The molecule has 0 radical (unpaired) electrons. The maximum atomic E-state index is 13.0. The first-order chi connectivity index (χ1) is 12.0. The Hall–Kier alpha value is -1.88. The Balaban J connectivity index is 1.59. The van der Waals surface area contributed by atoms with Crippen LogP contribution in [-0.2, 0) is 16.0 Å². The lowest BCUT2D eigenvalue weighted by molar-refractivity contribution is -0.150. The second-order valence-electron chi connectivity index (χ2n) is 7.57. The minimum Gasteiger partial charge on any atom is -0.393 e. The second kappa shape index (κ2) is 7.56. The molecule has 3 rings (SSSR count). The molecule has 1 saturated carbocycles. The minimum atomic E-state index is -0.339. The van der Waals surface area contributed by atoms with Crippen molar-refractivity contribution in [1.82, 2.24) is 9.80 Å². The number of likely N-dealkylation sites (N-methyl/N-ethyl adjacent to an activating group) is 1. The van der Waals surface area contributed by atoms with E-state index >= 15 is 0 Å². The number of nitrogens with zero attached hydrogens (tertiary/aromatic N) is 2. The van der Waals surface area contributed by atoms with Crippen molar-refractivity contribution in [1.29, 1.82) is 0 Å². The predicted molar refractivity (Wildman–Crippen MR) is 95.9 cm³/mol. The average Bonchev–Trinajstić information content (AvgIpc) is 2.59. The first-order valence-corrected chi connectivity index (χ1v) is 9.25. The number of hydrogen-bond donors (Lipinski definition) is 1. The number of carbonyl (C=O) groups is 2. The van der Waals surface area contributed by atoms with Crippen LogP contribution in [0.4, 0.5) is 0 Å². The molecular weight excluding hydrogens is 316 g/mol. The van der Waals surface area contributed by atoms with Gasteiger partial charge in [-0.05, 0) is 37.7 Å². The van der Waals surface area contributed by atoms with Crippen molar-refractivity contribution in [3.63, 3.8) is 0 Å². The molecule has 0 spiro atoms. The summed E-state index contributed by atoms with van der Waals surface area (Å²) in [6.07, 6.45) is 4.57. The largest absolute Gasteiger partial charge is 0.393 e. The van der Waals surface area contributed by atoms with Gasteiger partial charge in [0.15, 0.2) is 0 Å². The molecule has 1 saturated heterocycles. The SMILES string of the molecule is CN(CC(=O)N1CCC(O)CC1)C(=O)C1(Cc2ccccc2)CCC1. The van der Waals surface area contributed by atoms with E-state index in [1.807, 2.05) is 18.2 Å². The standard InChI is InChI=1S/C20H28N2O3/c1-21(15-18(24)22-12-8-17(23)9-13-22)19(25)20(10-5-11-20)14-16-6-3-2-4-7-16/h2-4,6-7,17,23H,5,8-15H2,1H3. The lowest BCUT2D eigenvalue weighted by atomic mass is 9.64. The van der Waals surface area contributed by atoms with Gasteiger partial charge in [-0.15, -0.1) is 0 Å². The van der Waals surface area contributed by atoms with E-state index in [1.54, 1.807) is 16.8 Å². The number of carbonyl (C=O) groups excluding carboxylic acids is 2. The number of amides is 2. The maximum Gasteiger partial charge on any atom is 0.242 e. The highest BCUT2D eigenvalue weighted by Gasteiger charge is 2.45. The molecule has 0 bridgehead atoms. The molecule has 5 heteroatoms. The molecular formula is C20H28N2O3. The van der Waals surface area contributed by atoms with Crippen LogP contribution >= 0.6 is 0 Å². The lowest BCUT2D eigenvalue weighted by Crippen LogP contribution is -2.51. The highest BCUT2D eigenvalue weighted by Crippen LogP contribution is 2.45. The Bertz CT molecular complexity index is 605. The highest BCUT2D eigenvalue weighted by atomic mass is 16.3. The Morgan fingerprint density at radius 1 is 1.20 bits per heavy atom. The van der Waals surface area contributed by atoms with Gasteiger partial charge in [-0.2, -0.15) is 0 Å². The first-order valence-electron chi connectivity index (χ1n) is 9.25. The Kier molecular flexibility index (Phi) is 5.42. The van der Waals surface area contributed by atoms with Gasteiger partial charge in [0, 0.05) is 20.1 Å². The molecule has 25 heavy (non-hydrogen) atoms. The fourth-order valence-electron chi connectivity index (χ4n) is 3.95. The van der Waals surface area contributed by atoms with Gasteiger partial charge in [-0.1, -0.05) is 36.8 Å². The van der Waals surface area contributed by atoms with Gasteiger partial charge in [0.25, 0.3) is 0 Å². The van der Waals surface area contributed by atoms with Gasteiger partial charge in [0.05, 0.1) is 18.1 Å². The summed E-state index contributed by atoms with van der Waals surface area (Å²) in [4.78, 5) is 28.9. The van der Waals surface area contributed by atoms with Crippen LogP contribution in [0, 0.1) is 5.41 Å². The van der Waals surface area contributed by atoms with E-state index in [1.165, 1.54) is 5.56 Å². The summed E-state index contributed by atoms with van der Waals surface area (Å²) in [7, 11) is 1.74. The van der Waals surface area contributed by atoms with Crippen molar-refractivity contribution in [3.8, 4) is 0 Å². The van der Waals surface area contributed by atoms with Crippen LogP contribution in [0.15, 0.2) is 30.3 Å².